The molecule has 5 rings (SSSR count). The summed E-state index contributed by atoms with van der Waals surface area (Å²) < 4.78 is 56.4. The van der Waals surface area contributed by atoms with Gasteiger partial charge in [-0.25, -0.2) is 14.1 Å². The number of hydrogen-bond acceptors (Lipinski definition) is 6. The number of nitrogens with zero attached hydrogens (tertiary/aromatic N) is 5. The van der Waals surface area contributed by atoms with E-state index in [0.29, 0.717) is 34.5 Å². The number of rotatable bonds is 7. The molecule has 8 nitrogen and oxygen atoms in total. The number of aromatic nitrogens is 3. The fourth-order valence-corrected chi connectivity index (χ4v) is 5.35. The summed E-state index contributed by atoms with van der Waals surface area (Å²) >= 11 is 6.69. The summed E-state index contributed by atoms with van der Waals surface area (Å²) in [6.07, 6.45) is -3.30. The monoisotopic (exact) mass is 628 g/mol. The second-order valence-electron chi connectivity index (χ2n) is 9.68. The molecule has 1 saturated heterocycles. The number of aliphatic imine (C=N–C) groups is 1. The van der Waals surface area contributed by atoms with Crippen LogP contribution in [0.5, 0.6) is 5.75 Å². The van der Waals surface area contributed by atoms with Gasteiger partial charge in [0.2, 0.25) is 5.91 Å². The number of hydrogen-bond donors (Lipinski definition) is 1. The summed E-state index contributed by atoms with van der Waals surface area (Å²) in [7, 11) is 0. The number of alkyl halides is 3. The molecule has 0 saturated carbocycles. The molecule has 0 atom stereocenters. The maximum atomic E-state index is 13.9. The summed E-state index contributed by atoms with van der Waals surface area (Å²) in [4.78, 5) is 23.0. The van der Waals surface area contributed by atoms with Crippen LogP contribution in [0.15, 0.2) is 78.0 Å². The first-order chi connectivity index (χ1) is 20.5. The van der Waals surface area contributed by atoms with E-state index in [9.17, 15) is 22.4 Å². The van der Waals surface area contributed by atoms with Crippen molar-refractivity contribution in [2.75, 3.05) is 10.7 Å². The number of anilines is 1. The van der Waals surface area contributed by atoms with Crippen molar-refractivity contribution in [1.82, 2.24) is 20.1 Å². The quantitative estimate of drug-likeness (QED) is 0.182. The van der Waals surface area contributed by atoms with Crippen LogP contribution in [0.1, 0.15) is 30.9 Å². The lowest BCUT2D eigenvalue weighted by Crippen LogP contribution is -2.32. The Morgan fingerprint density at radius 3 is 2.51 bits per heavy atom. The second kappa shape index (κ2) is 12.5. The lowest BCUT2D eigenvalue weighted by atomic mass is 10.0. The Kier molecular flexibility index (Phi) is 8.78. The molecule has 43 heavy (non-hydrogen) atoms. The van der Waals surface area contributed by atoms with Crippen LogP contribution in [0.3, 0.4) is 0 Å². The van der Waals surface area contributed by atoms with Gasteiger partial charge in [-0.15, -0.1) is 18.3 Å². The van der Waals surface area contributed by atoms with Crippen LogP contribution in [0, 0.1) is 5.82 Å². The number of benzene rings is 3. The van der Waals surface area contributed by atoms with Gasteiger partial charge in [0.1, 0.15) is 17.9 Å². The third-order valence-electron chi connectivity index (χ3n) is 6.30. The average molecular weight is 629 g/mol. The first-order valence-corrected chi connectivity index (χ1v) is 14.3. The summed E-state index contributed by atoms with van der Waals surface area (Å²) in [6.45, 7) is 4.23. The Hall–Kier alpha value is -4.30. The number of carbonyl (C=O) groups is 1. The molecule has 0 spiro atoms. The lowest BCUT2D eigenvalue weighted by Gasteiger charge is -2.21. The Labute approximate surface area is 253 Å². The van der Waals surface area contributed by atoms with Crippen molar-refractivity contribution in [2.45, 2.75) is 32.7 Å². The fourth-order valence-electron chi connectivity index (χ4n) is 4.27. The number of thioether (sulfide) groups is 1. The molecular formula is C29H24F4N6O2S2. The molecule has 1 amide bonds. The Morgan fingerprint density at radius 2 is 1.84 bits per heavy atom. The van der Waals surface area contributed by atoms with Crippen molar-refractivity contribution in [2.24, 2.45) is 4.99 Å². The zero-order valence-electron chi connectivity index (χ0n) is 22.8. The second-order valence-corrected chi connectivity index (χ2v) is 11.0. The van der Waals surface area contributed by atoms with Crippen molar-refractivity contribution in [1.29, 1.82) is 0 Å². The van der Waals surface area contributed by atoms with Crippen molar-refractivity contribution in [3.63, 3.8) is 0 Å². The van der Waals surface area contributed by atoms with Crippen molar-refractivity contribution in [3.05, 3.63) is 90.0 Å². The molecule has 0 aliphatic carbocycles. The molecule has 3 aromatic carbocycles. The molecule has 1 N–H and O–H groups in total. The maximum absolute atomic E-state index is 13.9. The van der Waals surface area contributed by atoms with E-state index >= 15 is 0 Å². The molecule has 1 aliphatic rings. The predicted octanol–water partition coefficient (Wildman–Crippen LogP) is 6.61. The molecule has 1 aromatic heterocycles. The number of nitrogens with one attached hydrogen (secondary N) is 1. The van der Waals surface area contributed by atoms with E-state index in [1.54, 1.807) is 6.07 Å². The van der Waals surface area contributed by atoms with Crippen LogP contribution in [0.2, 0.25) is 0 Å². The maximum Gasteiger partial charge on any atom is 0.573 e. The van der Waals surface area contributed by atoms with Gasteiger partial charge in [-0.1, -0.05) is 49.9 Å². The normalized spacial score (nSPS) is 14.5. The minimum atomic E-state index is -4.76. The van der Waals surface area contributed by atoms with Crippen molar-refractivity contribution >= 4 is 45.9 Å². The largest absolute Gasteiger partial charge is 0.573 e. The van der Waals surface area contributed by atoms with Gasteiger partial charge in [0.05, 0.1) is 17.1 Å². The molecule has 0 unspecified atom stereocenters. The summed E-state index contributed by atoms with van der Waals surface area (Å²) in [5.41, 5.74) is 3.45. The van der Waals surface area contributed by atoms with Crippen molar-refractivity contribution in [3.8, 4) is 22.8 Å². The van der Waals surface area contributed by atoms with Crippen LogP contribution >= 0.6 is 24.0 Å². The Balaban J connectivity index is 1.22. The Morgan fingerprint density at radius 1 is 1.12 bits per heavy atom. The average Bonchev–Trinajstić information content (AvgIpc) is 3.59. The van der Waals surface area contributed by atoms with Crippen LogP contribution in [-0.4, -0.2) is 43.1 Å². The van der Waals surface area contributed by atoms with Crippen LogP contribution in [-0.2, 0) is 11.3 Å². The molecule has 0 radical (unpaired) electrons. The van der Waals surface area contributed by atoms with E-state index in [2.05, 4.69) is 25.1 Å². The highest BCUT2D eigenvalue weighted by molar-refractivity contribution is 8.15. The van der Waals surface area contributed by atoms with Crippen LogP contribution in [0.25, 0.3) is 17.1 Å². The topological polar surface area (TPSA) is 84.6 Å². The summed E-state index contributed by atoms with van der Waals surface area (Å²) in [6, 6.07) is 17.1. The van der Waals surface area contributed by atoms with E-state index in [4.69, 9.17) is 12.2 Å². The van der Waals surface area contributed by atoms with Crippen molar-refractivity contribution < 1.29 is 27.1 Å². The first kappa shape index (κ1) is 30.2. The van der Waals surface area contributed by atoms with E-state index in [1.807, 2.05) is 38.1 Å². The van der Waals surface area contributed by atoms with Crippen LogP contribution < -0.4 is 15.0 Å². The molecule has 222 valence electrons. The number of ether oxygens (including phenoxy) is 1. The SMILES string of the molecule is CC(C)c1cc(F)ccc1N1C(=O)CS/C1=N\C(=S)NCc1ccc(-c2ncn(-c3ccc(OC(F)(F)F)cc3)n2)cc1. The molecular weight excluding hydrogens is 604 g/mol. The number of amidine groups is 1. The molecule has 1 aliphatic heterocycles. The number of halogens is 4. The van der Waals surface area contributed by atoms with Gasteiger partial charge in [-0.2, -0.15) is 4.99 Å². The van der Waals surface area contributed by atoms with Gasteiger partial charge in [0.15, 0.2) is 16.1 Å². The van der Waals surface area contributed by atoms with Crippen LogP contribution in [0.4, 0.5) is 23.2 Å². The summed E-state index contributed by atoms with van der Waals surface area (Å²) in [5, 5.41) is 8.12. The van der Waals surface area contributed by atoms with Gasteiger partial charge in [-0.3, -0.25) is 9.69 Å². The predicted molar refractivity (Wildman–Crippen MR) is 161 cm³/mol. The third-order valence-corrected chi connectivity index (χ3v) is 7.46. The Bertz CT molecular complexity index is 1670. The minimum Gasteiger partial charge on any atom is -0.406 e. The number of amides is 1. The molecule has 0 bridgehead atoms. The smallest absolute Gasteiger partial charge is 0.406 e. The molecule has 1 fully saturated rings. The first-order valence-electron chi connectivity index (χ1n) is 13.0. The molecule has 4 aromatic rings. The number of thiocarbonyl (C=S) groups is 1. The summed E-state index contributed by atoms with van der Waals surface area (Å²) in [5.74, 6) is -0.214. The highest BCUT2D eigenvalue weighted by Gasteiger charge is 2.32. The highest BCUT2D eigenvalue weighted by atomic mass is 32.2. The zero-order chi connectivity index (χ0) is 30.7. The van der Waals surface area contributed by atoms with E-state index < -0.39 is 6.36 Å². The fraction of sp³-hybridized carbons (Fsp3) is 0.207. The third kappa shape index (κ3) is 7.38. The van der Waals surface area contributed by atoms with Gasteiger partial charge in [0.25, 0.3) is 0 Å². The molecule has 2 heterocycles. The minimum absolute atomic E-state index is 0.00403. The van der Waals surface area contributed by atoms with Gasteiger partial charge in [0, 0.05) is 12.1 Å². The standard InChI is InChI=1S/C29H24F4N6O2S2/c1-17(2)23-13-20(30)7-12-24(23)39-25(40)15-43-28(39)36-27(42)34-14-18-3-5-19(6-4-18)26-35-16-38(37-26)21-8-10-22(11-9-21)41-29(31,32)33/h3-13,16-17H,14-15H2,1-2H3,(H,34,42)/b36-28-. The van der Waals surface area contributed by atoms with Gasteiger partial charge < -0.3 is 10.1 Å². The number of carbonyl (C=O) groups excluding carboxylic acids is 1. The van der Waals surface area contributed by atoms with E-state index in [-0.39, 0.29) is 34.3 Å². The van der Waals surface area contributed by atoms with E-state index in [0.717, 1.165) is 11.1 Å². The van der Waals surface area contributed by atoms with E-state index in [1.165, 1.54) is 64.1 Å². The highest BCUT2D eigenvalue weighted by Crippen LogP contribution is 2.34. The van der Waals surface area contributed by atoms with Gasteiger partial charge in [-0.05, 0) is 71.7 Å². The van der Waals surface area contributed by atoms with Gasteiger partial charge >= 0.3 is 6.36 Å². The zero-order valence-corrected chi connectivity index (χ0v) is 24.4. The lowest BCUT2D eigenvalue weighted by molar-refractivity contribution is -0.274. The molecule has 14 heteroatoms.